The van der Waals surface area contributed by atoms with E-state index in [1.54, 1.807) is 10.8 Å². The molecular formula is C19H21ClN4O2. The number of methoxy groups -OCH3 is 1. The van der Waals surface area contributed by atoms with E-state index in [1.165, 1.54) is 7.11 Å². The molecule has 0 amide bonds. The van der Waals surface area contributed by atoms with Crippen molar-refractivity contribution in [2.75, 3.05) is 30.8 Å². The Bertz CT molecular complexity index is 876. The van der Waals surface area contributed by atoms with Crippen LogP contribution in [-0.2, 0) is 4.74 Å². The number of hydrogen-bond donors (Lipinski definition) is 1. The minimum atomic E-state index is -0.595. The number of para-hydroxylation sites is 1. The zero-order chi connectivity index (χ0) is 18.8. The molecule has 0 atom stereocenters. The molecule has 3 rings (SSSR count). The Morgan fingerprint density at radius 2 is 2.08 bits per heavy atom. The van der Waals surface area contributed by atoms with E-state index in [0.717, 1.165) is 31.6 Å². The quantitative estimate of drug-likeness (QED) is 0.832. The summed E-state index contributed by atoms with van der Waals surface area (Å²) in [6.07, 6.45) is 3.71. The first-order chi connectivity index (χ1) is 12.5. The number of carbonyl (C=O) groups excluding carboxylic acids is 1. The molecule has 0 unspecified atom stereocenters. The number of nitriles is 1. The van der Waals surface area contributed by atoms with Crippen molar-refractivity contribution in [3.05, 3.63) is 40.7 Å². The molecule has 2 aromatic rings. The molecule has 7 heteroatoms. The van der Waals surface area contributed by atoms with Gasteiger partial charge in [-0.2, -0.15) is 5.26 Å². The zero-order valence-corrected chi connectivity index (χ0v) is 15.6. The van der Waals surface area contributed by atoms with E-state index in [1.807, 2.05) is 24.3 Å². The largest absolute Gasteiger partial charge is 0.464 e. The molecule has 2 heterocycles. The number of rotatable bonds is 3. The molecule has 6 nitrogen and oxygen atoms in total. The number of anilines is 2. The summed E-state index contributed by atoms with van der Waals surface area (Å²) in [4.78, 5) is 14.5. The summed E-state index contributed by atoms with van der Waals surface area (Å²) >= 11 is 6.53. The SMILES string of the molecule is COC(=O)c1c(N)c(C#N)cn1-c1cccc(Cl)c1N1CCC(C)CC1. The molecule has 1 aromatic carbocycles. The second-order valence-corrected chi connectivity index (χ2v) is 6.96. The van der Waals surface area contributed by atoms with E-state index in [0.29, 0.717) is 16.6 Å². The topological polar surface area (TPSA) is 84.3 Å². The Kier molecular flexibility index (Phi) is 5.10. The molecule has 1 aromatic heterocycles. The number of esters is 1. The minimum absolute atomic E-state index is 0.109. The summed E-state index contributed by atoms with van der Waals surface area (Å²) in [7, 11) is 1.29. The molecule has 1 fully saturated rings. The van der Waals surface area contributed by atoms with Gasteiger partial charge in [0.2, 0.25) is 0 Å². The van der Waals surface area contributed by atoms with Gasteiger partial charge in [0.25, 0.3) is 0 Å². The Balaban J connectivity index is 2.18. The third kappa shape index (κ3) is 3.11. The highest BCUT2D eigenvalue weighted by atomic mass is 35.5. The highest BCUT2D eigenvalue weighted by Crippen LogP contribution is 2.37. The molecule has 1 aliphatic heterocycles. The van der Waals surface area contributed by atoms with Gasteiger partial charge < -0.3 is 19.9 Å². The predicted octanol–water partition coefficient (Wildman–Crippen LogP) is 3.61. The summed E-state index contributed by atoms with van der Waals surface area (Å²) in [6, 6.07) is 7.54. The third-order valence-corrected chi connectivity index (χ3v) is 5.17. The van der Waals surface area contributed by atoms with Gasteiger partial charge in [0, 0.05) is 19.3 Å². The highest BCUT2D eigenvalue weighted by molar-refractivity contribution is 6.33. The van der Waals surface area contributed by atoms with Gasteiger partial charge in [-0.3, -0.25) is 0 Å². The first-order valence-corrected chi connectivity index (χ1v) is 8.88. The second kappa shape index (κ2) is 7.30. The number of nitrogens with zero attached hydrogens (tertiary/aromatic N) is 3. The maximum absolute atomic E-state index is 12.3. The van der Waals surface area contributed by atoms with Crippen molar-refractivity contribution in [2.24, 2.45) is 5.92 Å². The smallest absolute Gasteiger partial charge is 0.357 e. The number of nitrogen functional groups attached to an aromatic ring is 1. The van der Waals surface area contributed by atoms with Gasteiger partial charge in [0.1, 0.15) is 6.07 Å². The van der Waals surface area contributed by atoms with Gasteiger partial charge in [-0.15, -0.1) is 0 Å². The van der Waals surface area contributed by atoms with Crippen molar-refractivity contribution >= 4 is 28.9 Å². The van der Waals surface area contributed by atoms with Crippen LogP contribution in [0.3, 0.4) is 0 Å². The molecule has 0 bridgehead atoms. The summed E-state index contributed by atoms with van der Waals surface area (Å²) in [5.41, 5.74) is 8.04. The fraction of sp³-hybridized carbons (Fsp3) is 0.368. The van der Waals surface area contributed by atoms with E-state index in [-0.39, 0.29) is 16.9 Å². The van der Waals surface area contributed by atoms with E-state index in [9.17, 15) is 10.1 Å². The molecule has 0 radical (unpaired) electrons. The number of benzene rings is 1. The first kappa shape index (κ1) is 18.2. The normalized spacial score (nSPS) is 14.9. The third-order valence-electron chi connectivity index (χ3n) is 4.87. The lowest BCUT2D eigenvalue weighted by Gasteiger charge is -2.34. The van der Waals surface area contributed by atoms with Crippen LogP contribution in [0.2, 0.25) is 5.02 Å². The van der Waals surface area contributed by atoms with Crippen LogP contribution in [0.25, 0.3) is 5.69 Å². The molecule has 26 heavy (non-hydrogen) atoms. The number of carbonyl (C=O) groups is 1. The summed E-state index contributed by atoms with van der Waals surface area (Å²) in [6.45, 7) is 4.01. The Morgan fingerprint density at radius 1 is 1.38 bits per heavy atom. The number of nitrogens with two attached hydrogens (primary N) is 1. The second-order valence-electron chi connectivity index (χ2n) is 6.56. The van der Waals surface area contributed by atoms with Crippen molar-refractivity contribution in [1.29, 1.82) is 5.26 Å². The van der Waals surface area contributed by atoms with Gasteiger partial charge in [-0.1, -0.05) is 24.6 Å². The van der Waals surface area contributed by atoms with Crippen LogP contribution in [0.15, 0.2) is 24.4 Å². The van der Waals surface area contributed by atoms with Crippen LogP contribution in [-0.4, -0.2) is 30.7 Å². The molecule has 0 aliphatic carbocycles. The predicted molar refractivity (Wildman–Crippen MR) is 102 cm³/mol. The van der Waals surface area contributed by atoms with Crippen LogP contribution in [0.1, 0.15) is 35.8 Å². The zero-order valence-electron chi connectivity index (χ0n) is 14.8. The Labute approximate surface area is 157 Å². The number of ether oxygens (including phenoxy) is 1. The fourth-order valence-electron chi connectivity index (χ4n) is 3.35. The van der Waals surface area contributed by atoms with Crippen molar-refractivity contribution in [3.8, 4) is 11.8 Å². The maximum Gasteiger partial charge on any atom is 0.357 e. The van der Waals surface area contributed by atoms with Crippen LogP contribution < -0.4 is 10.6 Å². The molecule has 0 saturated carbocycles. The number of piperidine rings is 1. The van der Waals surface area contributed by atoms with E-state index in [2.05, 4.69) is 11.8 Å². The molecular weight excluding hydrogens is 352 g/mol. The minimum Gasteiger partial charge on any atom is -0.464 e. The van der Waals surface area contributed by atoms with E-state index < -0.39 is 5.97 Å². The molecule has 1 aliphatic rings. The van der Waals surface area contributed by atoms with Crippen molar-refractivity contribution in [1.82, 2.24) is 4.57 Å². The lowest BCUT2D eigenvalue weighted by molar-refractivity contribution is 0.0593. The van der Waals surface area contributed by atoms with Gasteiger partial charge in [-0.05, 0) is 30.9 Å². The standard InChI is InChI=1S/C19H21ClN4O2/c1-12-6-8-23(9-7-12)17-14(20)4-3-5-15(17)24-11-13(10-21)16(22)18(24)19(25)26-2/h3-5,11-12H,6-9,22H2,1-2H3. The van der Waals surface area contributed by atoms with Crippen molar-refractivity contribution in [3.63, 3.8) is 0 Å². The molecule has 0 spiro atoms. The van der Waals surface area contributed by atoms with Crippen LogP contribution in [0.5, 0.6) is 0 Å². The van der Waals surface area contributed by atoms with Crippen molar-refractivity contribution < 1.29 is 9.53 Å². The molecule has 1 saturated heterocycles. The van der Waals surface area contributed by atoms with Crippen molar-refractivity contribution in [2.45, 2.75) is 19.8 Å². The average Bonchev–Trinajstić information content (AvgIpc) is 2.98. The molecule has 2 N–H and O–H groups in total. The highest BCUT2D eigenvalue weighted by Gasteiger charge is 2.26. The molecule has 136 valence electrons. The van der Waals surface area contributed by atoms with Crippen LogP contribution >= 0.6 is 11.6 Å². The first-order valence-electron chi connectivity index (χ1n) is 8.51. The fourth-order valence-corrected chi connectivity index (χ4v) is 3.64. The van der Waals surface area contributed by atoms with Gasteiger partial charge in [-0.25, -0.2) is 4.79 Å². The maximum atomic E-state index is 12.3. The number of halogens is 1. The monoisotopic (exact) mass is 372 g/mol. The lowest BCUT2D eigenvalue weighted by Crippen LogP contribution is -2.33. The van der Waals surface area contributed by atoms with Gasteiger partial charge in [0.15, 0.2) is 5.69 Å². The van der Waals surface area contributed by atoms with Crippen LogP contribution in [0.4, 0.5) is 11.4 Å². The van der Waals surface area contributed by atoms with Gasteiger partial charge in [0.05, 0.1) is 34.8 Å². The van der Waals surface area contributed by atoms with E-state index >= 15 is 0 Å². The van der Waals surface area contributed by atoms with E-state index in [4.69, 9.17) is 22.1 Å². The summed E-state index contributed by atoms with van der Waals surface area (Å²) in [5, 5.41) is 9.92. The number of aromatic nitrogens is 1. The Hall–Kier alpha value is -2.65. The number of hydrogen-bond acceptors (Lipinski definition) is 5. The average molecular weight is 373 g/mol. The summed E-state index contributed by atoms with van der Waals surface area (Å²) in [5.74, 6) is 0.0809. The van der Waals surface area contributed by atoms with Gasteiger partial charge >= 0.3 is 5.97 Å². The lowest BCUT2D eigenvalue weighted by atomic mass is 9.98. The summed E-state index contributed by atoms with van der Waals surface area (Å²) < 4.78 is 6.48. The Morgan fingerprint density at radius 3 is 2.69 bits per heavy atom. The van der Waals surface area contributed by atoms with Crippen LogP contribution in [0, 0.1) is 17.2 Å².